The highest BCUT2D eigenvalue weighted by molar-refractivity contribution is 5.75. The van der Waals surface area contributed by atoms with Crippen molar-refractivity contribution in [3.8, 4) is 0 Å². The second-order valence-electron chi connectivity index (χ2n) is 5.30. The SMILES string of the molecule is Cc1cccc(CN(CC(N)=O)Cc2ccccc2N)c1. The van der Waals surface area contributed by atoms with Gasteiger partial charge in [-0.3, -0.25) is 9.69 Å². The molecule has 0 fully saturated rings. The summed E-state index contributed by atoms with van der Waals surface area (Å²) in [4.78, 5) is 13.3. The molecule has 0 saturated heterocycles. The number of aryl methyl sites for hydroxylation is 1. The lowest BCUT2D eigenvalue weighted by Crippen LogP contribution is -2.33. The van der Waals surface area contributed by atoms with E-state index in [0.29, 0.717) is 13.1 Å². The highest BCUT2D eigenvalue weighted by Crippen LogP contribution is 2.15. The number of anilines is 1. The molecule has 0 aliphatic rings. The van der Waals surface area contributed by atoms with Crippen LogP contribution in [0.4, 0.5) is 5.69 Å². The van der Waals surface area contributed by atoms with E-state index in [1.54, 1.807) is 0 Å². The standard InChI is InChI=1S/C17H21N3O/c1-13-5-4-6-14(9-13)10-20(12-17(19)21)11-15-7-2-3-8-16(15)18/h2-9H,10-12,18H2,1H3,(H2,19,21). The summed E-state index contributed by atoms with van der Waals surface area (Å²) in [6.07, 6.45) is 0. The molecular formula is C17H21N3O. The second kappa shape index (κ2) is 6.90. The molecule has 0 radical (unpaired) electrons. The van der Waals surface area contributed by atoms with Gasteiger partial charge < -0.3 is 11.5 Å². The normalized spacial score (nSPS) is 10.8. The van der Waals surface area contributed by atoms with E-state index in [1.165, 1.54) is 5.56 Å². The Labute approximate surface area is 125 Å². The number of primary amides is 1. The first kappa shape index (κ1) is 15.1. The van der Waals surface area contributed by atoms with E-state index in [0.717, 1.165) is 16.8 Å². The lowest BCUT2D eigenvalue weighted by atomic mass is 10.1. The maximum absolute atomic E-state index is 11.3. The van der Waals surface area contributed by atoms with Crippen molar-refractivity contribution in [1.29, 1.82) is 0 Å². The summed E-state index contributed by atoms with van der Waals surface area (Å²) in [5, 5.41) is 0. The van der Waals surface area contributed by atoms with Gasteiger partial charge in [0.15, 0.2) is 0 Å². The smallest absolute Gasteiger partial charge is 0.231 e. The molecule has 1 amide bonds. The molecule has 4 N–H and O–H groups in total. The van der Waals surface area contributed by atoms with Crippen molar-refractivity contribution < 1.29 is 4.79 Å². The lowest BCUT2D eigenvalue weighted by Gasteiger charge is -2.22. The average Bonchev–Trinajstić information content (AvgIpc) is 2.40. The van der Waals surface area contributed by atoms with Crippen molar-refractivity contribution in [3.05, 3.63) is 65.2 Å². The summed E-state index contributed by atoms with van der Waals surface area (Å²) in [6, 6.07) is 15.9. The highest BCUT2D eigenvalue weighted by atomic mass is 16.1. The predicted octanol–water partition coefficient (Wildman–Crippen LogP) is 2.06. The third-order valence-corrected chi connectivity index (χ3v) is 3.32. The summed E-state index contributed by atoms with van der Waals surface area (Å²) in [7, 11) is 0. The van der Waals surface area contributed by atoms with Crippen LogP contribution in [0.5, 0.6) is 0 Å². The fourth-order valence-corrected chi connectivity index (χ4v) is 2.38. The van der Waals surface area contributed by atoms with E-state index < -0.39 is 0 Å². The molecule has 0 atom stereocenters. The number of carbonyl (C=O) groups excluding carboxylic acids is 1. The van der Waals surface area contributed by atoms with Gasteiger partial charge in [-0.25, -0.2) is 0 Å². The molecule has 21 heavy (non-hydrogen) atoms. The molecule has 2 aromatic rings. The minimum absolute atomic E-state index is 0.211. The zero-order valence-corrected chi connectivity index (χ0v) is 12.3. The number of nitrogen functional groups attached to an aromatic ring is 1. The van der Waals surface area contributed by atoms with E-state index in [2.05, 4.69) is 25.1 Å². The van der Waals surface area contributed by atoms with Crippen LogP contribution >= 0.6 is 0 Å². The van der Waals surface area contributed by atoms with Crippen LogP contribution in [0.3, 0.4) is 0 Å². The monoisotopic (exact) mass is 283 g/mol. The molecule has 4 heteroatoms. The topological polar surface area (TPSA) is 72.3 Å². The largest absolute Gasteiger partial charge is 0.398 e. The van der Waals surface area contributed by atoms with Crippen LogP contribution in [0, 0.1) is 6.92 Å². The first-order chi connectivity index (χ1) is 10.0. The Balaban J connectivity index is 2.15. The van der Waals surface area contributed by atoms with E-state index in [4.69, 9.17) is 11.5 Å². The molecular weight excluding hydrogens is 262 g/mol. The Morgan fingerprint density at radius 1 is 1.10 bits per heavy atom. The van der Waals surface area contributed by atoms with Gasteiger partial charge in [-0.2, -0.15) is 0 Å². The molecule has 0 spiro atoms. The lowest BCUT2D eigenvalue weighted by molar-refractivity contribution is -0.119. The van der Waals surface area contributed by atoms with Gasteiger partial charge in [-0.1, -0.05) is 48.0 Å². The Kier molecular flexibility index (Phi) is 4.95. The van der Waals surface area contributed by atoms with Gasteiger partial charge in [0.1, 0.15) is 0 Å². The summed E-state index contributed by atoms with van der Waals surface area (Å²) in [5.41, 5.74) is 15.4. The van der Waals surface area contributed by atoms with Gasteiger partial charge in [-0.15, -0.1) is 0 Å². The van der Waals surface area contributed by atoms with E-state index in [1.807, 2.05) is 35.2 Å². The van der Waals surface area contributed by atoms with E-state index in [-0.39, 0.29) is 12.5 Å². The molecule has 110 valence electrons. The number of nitrogens with zero attached hydrogens (tertiary/aromatic N) is 1. The molecule has 0 aromatic heterocycles. The molecule has 0 unspecified atom stereocenters. The molecule has 0 heterocycles. The van der Waals surface area contributed by atoms with Crippen LogP contribution < -0.4 is 11.5 Å². The predicted molar refractivity (Wildman–Crippen MR) is 85.3 cm³/mol. The molecule has 0 saturated carbocycles. The molecule has 2 aromatic carbocycles. The summed E-state index contributed by atoms with van der Waals surface area (Å²) in [6.45, 7) is 3.53. The Bertz CT molecular complexity index is 625. The third kappa shape index (κ3) is 4.61. The first-order valence-electron chi connectivity index (χ1n) is 6.94. The van der Waals surface area contributed by atoms with Crippen molar-refractivity contribution in [2.45, 2.75) is 20.0 Å². The number of hydrogen-bond acceptors (Lipinski definition) is 3. The van der Waals surface area contributed by atoms with Gasteiger partial charge in [0, 0.05) is 18.8 Å². The molecule has 0 aliphatic heterocycles. The van der Waals surface area contributed by atoms with E-state index >= 15 is 0 Å². The zero-order chi connectivity index (χ0) is 15.2. The maximum Gasteiger partial charge on any atom is 0.231 e. The van der Waals surface area contributed by atoms with E-state index in [9.17, 15) is 4.79 Å². The number of carbonyl (C=O) groups is 1. The highest BCUT2D eigenvalue weighted by Gasteiger charge is 2.11. The minimum Gasteiger partial charge on any atom is -0.398 e. The van der Waals surface area contributed by atoms with Crippen LogP contribution in [-0.2, 0) is 17.9 Å². The van der Waals surface area contributed by atoms with Crippen molar-refractivity contribution in [2.75, 3.05) is 12.3 Å². The van der Waals surface area contributed by atoms with Crippen molar-refractivity contribution in [2.24, 2.45) is 5.73 Å². The third-order valence-electron chi connectivity index (χ3n) is 3.32. The van der Waals surface area contributed by atoms with Crippen LogP contribution in [0.1, 0.15) is 16.7 Å². The second-order valence-corrected chi connectivity index (χ2v) is 5.30. The minimum atomic E-state index is -0.336. The fraction of sp³-hybridized carbons (Fsp3) is 0.235. The summed E-state index contributed by atoms with van der Waals surface area (Å²) >= 11 is 0. The van der Waals surface area contributed by atoms with Crippen LogP contribution in [0.15, 0.2) is 48.5 Å². The van der Waals surface area contributed by atoms with Crippen molar-refractivity contribution in [1.82, 2.24) is 4.90 Å². The van der Waals surface area contributed by atoms with Crippen LogP contribution in [0.2, 0.25) is 0 Å². The molecule has 0 aliphatic carbocycles. The number of amides is 1. The number of nitrogens with two attached hydrogens (primary N) is 2. The number of benzene rings is 2. The molecule has 0 bridgehead atoms. The first-order valence-corrected chi connectivity index (χ1v) is 6.94. The summed E-state index contributed by atoms with van der Waals surface area (Å²) in [5.74, 6) is -0.336. The van der Waals surface area contributed by atoms with Gasteiger partial charge in [0.05, 0.1) is 6.54 Å². The van der Waals surface area contributed by atoms with Gasteiger partial charge in [-0.05, 0) is 24.1 Å². The average molecular weight is 283 g/mol. The quantitative estimate of drug-likeness (QED) is 0.797. The van der Waals surface area contributed by atoms with Gasteiger partial charge >= 0.3 is 0 Å². The zero-order valence-electron chi connectivity index (χ0n) is 12.3. The van der Waals surface area contributed by atoms with Crippen molar-refractivity contribution >= 4 is 11.6 Å². The fourth-order valence-electron chi connectivity index (χ4n) is 2.38. The summed E-state index contributed by atoms with van der Waals surface area (Å²) < 4.78 is 0. The van der Waals surface area contributed by atoms with Gasteiger partial charge in [0.25, 0.3) is 0 Å². The Morgan fingerprint density at radius 2 is 1.86 bits per heavy atom. The maximum atomic E-state index is 11.3. The number of para-hydroxylation sites is 1. The van der Waals surface area contributed by atoms with Crippen molar-refractivity contribution in [3.63, 3.8) is 0 Å². The number of hydrogen-bond donors (Lipinski definition) is 2. The van der Waals surface area contributed by atoms with Crippen LogP contribution in [-0.4, -0.2) is 17.4 Å². The Hall–Kier alpha value is -2.33. The molecule has 2 rings (SSSR count). The van der Waals surface area contributed by atoms with Crippen LogP contribution in [0.25, 0.3) is 0 Å². The van der Waals surface area contributed by atoms with Gasteiger partial charge in [0.2, 0.25) is 5.91 Å². The number of rotatable bonds is 6. The Morgan fingerprint density at radius 3 is 2.52 bits per heavy atom. The molecule has 4 nitrogen and oxygen atoms in total.